The third-order valence-electron chi connectivity index (χ3n) is 4.13. The van der Waals surface area contributed by atoms with Crippen molar-refractivity contribution in [2.45, 2.75) is 64.6 Å². The molecule has 7 heteroatoms. The standard InChI is InChI=1S/C22H30O7/c1-4-5-6-7-8-18(15-28-20(25)14-13-19(23)24)29-17-11-9-16(10-12-17)21(26)22(2,3)27/h9-14,18,27H,4-8,15H2,1-3H3,(H,23,24)/b14-13-. The summed E-state index contributed by atoms with van der Waals surface area (Å²) in [6, 6.07) is 6.41. The van der Waals surface area contributed by atoms with Crippen molar-refractivity contribution in [1.29, 1.82) is 0 Å². The summed E-state index contributed by atoms with van der Waals surface area (Å²) in [6.45, 7) is 4.96. The van der Waals surface area contributed by atoms with Crippen molar-refractivity contribution < 1.29 is 34.1 Å². The number of aliphatic hydroxyl groups is 1. The second-order valence-corrected chi connectivity index (χ2v) is 7.30. The lowest BCUT2D eigenvalue weighted by Gasteiger charge is -2.20. The van der Waals surface area contributed by atoms with E-state index >= 15 is 0 Å². The number of unbranched alkanes of at least 4 members (excludes halogenated alkanes) is 3. The SMILES string of the molecule is CCCCCCC(COC(=O)/C=C\C(=O)O)Oc1ccc(C(=O)C(C)(C)O)cc1. The molecule has 0 amide bonds. The molecule has 1 rings (SSSR count). The number of benzene rings is 1. The Morgan fingerprint density at radius 1 is 1.07 bits per heavy atom. The first-order chi connectivity index (χ1) is 13.6. The smallest absolute Gasteiger partial charge is 0.331 e. The fourth-order valence-corrected chi connectivity index (χ4v) is 2.57. The predicted molar refractivity (Wildman–Crippen MR) is 108 cm³/mol. The van der Waals surface area contributed by atoms with Crippen LogP contribution >= 0.6 is 0 Å². The molecule has 29 heavy (non-hydrogen) atoms. The number of hydrogen-bond donors (Lipinski definition) is 2. The Labute approximate surface area is 171 Å². The number of carbonyl (C=O) groups is 3. The number of ether oxygens (including phenoxy) is 2. The van der Waals surface area contributed by atoms with Gasteiger partial charge in [0.1, 0.15) is 24.1 Å². The Kier molecular flexibility index (Phi) is 10.1. The molecule has 0 heterocycles. The first-order valence-corrected chi connectivity index (χ1v) is 9.75. The largest absolute Gasteiger partial charge is 0.487 e. The Bertz CT molecular complexity index is 699. The van der Waals surface area contributed by atoms with Gasteiger partial charge in [-0.05, 0) is 51.0 Å². The van der Waals surface area contributed by atoms with Crippen LogP contribution in [0.5, 0.6) is 5.75 Å². The van der Waals surface area contributed by atoms with Gasteiger partial charge < -0.3 is 19.7 Å². The normalized spacial score (nSPS) is 12.6. The second kappa shape index (κ2) is 12.0. The minimum Gasteiger partial charge on any atom is -0.487 e. The van der Waals surface area contributed by atoms with Crippen molar-refractivity contribution in [2.24, 2.45) is 0 Å². The molecule has 1 aromatic rings. The molecule has 0 fully saturated rings. The summed E-state index contributed by atoms with van der Waals surface area (Å²) in [6.07, 6.45) is 5.97. The Balaban J connectivity index is 2.73. The summed E-state index contributed by atoms with van der Waals surface area (Å²) in [5.41, 5.74) is -1.09. The van der Waals surface area contributed by atoms with Gasteiger partial charge in [0.25, 0.3) is 0 Å². The van der Waals surface area contributed by atoms with Crippen LogP contribution in [0.2, 0.25) is 0 Å². The van der Waals surface area contributed by atoms with Crippen molar-refractivity contribution in [1.82, 2.24) is 0 Å². The van der Waals surface area contributed by atoms with Gasteiger partial charge in [0.2, 0.25) is 0 Å². The molecule has 0 aliphatic carbocycles. The van der Waals surface area contributed by atoms with Crippen LogP contribution in [-0.4, -0.2) is 46.2 Å². The highest BCUT2D eigenvalue weighted by Crippen LogP contribution is 2.20. The van der Waals surface area contributed by atoms with Gasteiger partial charge in [0, 0.05) is 17.7 Å². The topological polar surface area (TPSA) is 110 Å². The number of ketones is 1. The quantitative estimate of drug-likeness (QED) is 0.223. The van der Waals surface area contributed by atoms with Crippen molar-refractivity contribution in [3.8, 4) is 5.75 Å². The van der Waals surface area contributed by atoms with E-state index in [9.17, 15) is 19.5 Å². The molecule has 1 aromatic carbocycles. The van der Waals surface area contributed by atoms with Crippen LogP contribution in [0.3, 0.4) is 0 Å². The lowest BCUT2D eigenvalue weighted by molar-refractivity contribution is -0.141. The van der Waals surface area contributed by atoms with Gasteiger partial charge in [-0.3, -0.25) is 4.79 Å². The van der Waals surface area contributed by atoms with Crippen molar-refractivity contribution in [3.63, 3.8) is 0 Å². The summed E-state index contributed by atoms with van der Waals surface area (Å²) in [5.74, 6) is -1.86. The first-order valence-electron chi connectivity index (χ1n) is 9.75. The van der Waals surface area contributed by atoms with Crippen LogP contribution in [-0.2, 0) is 14.3 Å². The van der Waals surface area contributed by atoms with E-state index in [2.05, 4.69) is 6.92 Å². The second-order valence-electron chi connectivity index (χ2n) is 7.30. The van der Waals surface area contributed by atoms with Crippen LogP contribution < -0.4 is 4.74 Å². The monoisotopic (exact) mass is 406 g/mol. The molecule has 2 N–H and O–H groups in total. The number of carboxylic acid groups (broad SMARTS) is 1. The number of esters is 1. The van der Waals surface area contributed by atoms with Crippen LogP contribution in [0, 0.1) is 0 Å². The van der Waals surface area contributed by atoms with Crippen molar-refractivity contribution >= 4 is 17.7 Å². The zero-order chi connectivity index (χ0) is 21.9. The van der Waals surface area contributed by atoms with E-state index in [4.69, 9.17) is 14.6 Å². The fraction of sp³-hybridized carbons (Fsp3) is 0.500. The van der Waals surface area contributed by atoms with Crippen LogP contribution in [0.15, 0.2) is 36.4 Å². The Morgan fingerprint density at radius 2 is 1.72 bits per heavy atom. The van der Waals surface area contributed by atoms with E-state index < -0.39 is 23.6 Å². The summed E-state index contributed by atoms with van der Waals surface area (Å²) < 4.78 is 11.0. The lowest BCUT2D eigenvalue weighted by atomic mass is 9.97. The van der Waals surface area contributed by atoms with E-state index in [0.29, 0.717) is 17.7 Å². The number of Topliss-reactive ketones (excluding diaryl/α,β-unsaturated/α-hetero) is 1. The van der Waals surface area contributed by atoms with Gasteiger partial charge in [0.15, 0.2) is 5.78 Å². The summed E-state index contributed by atoms with van der Waals surface area (Å²) in [5, 5.41) is 18.4. The number of rotatable bonds is 13. The Morgan fingerprint density at radius 3 is 2.28 bits per heavy atom. The number of carboxylic acids is 1. The highest BCUT2D eigenvalue weighted by atomic mass is 16.6. The molecule has 7 nitrogen and oxygen atoms in total. The molecule has 0 aliphatic rings. The maximum absolute atomic E-state index is 12.1. The Hall–Kier alpha value is -2.67. The highest BCUT2D eigenvalue weighted by Gasteiger charge is 2.25. The van der Waals surface area contributed by atoms with Crippen LogP contribution in [0.4, 0.5) is 0 Å². The molecule has 0 aromatic heterocycles. The predicted octanol–water partition coefficient (Wildman–Crippen LogP) is 3.54. The molecule has 0 radical (unpaired) electrons. The highest BCUT2D eigenvalue weighted by molar-refractivity contribution is 6.01. The lowest BCUT2D eigenvalue weighted by Crippen LogP contribution is -2.31. The third-order valence-corrected chi connectivity index (χ3v) is 4.13. The van der Waals surface area contributed by atoms with Gasteiger partial charge in [-0.15, -0.1) is 0 Å². The van der Waals surface area contributed by atoms with E-state index in [1.165, 1.54) is 13.8 Å². The van der Waals surface area contributed by atoms with E-state index in [0.717, 1.165) is 37.8 Å². The summed E-state index contributed by atoms with van der Waals surface area (Å²) >= 11 is 0. The summed E-state index contributed by atoms with van der Waals surface area (Å²) in [7, 11) is 0. The van der Waals surface area contributed by atoms with Gasteiger partial charge in [-0.25, -0.2) is 9.59 Å². The van der Waals surface area contributed by atoms with E-state index in [1.54, 1.807) is 24.3 Å². The van der Waals surface area contributed by atoms with Gasteiger partial charge in [-0.1, -0.05) is 26.2 Å². The van der Waals surface area contributed by atoms with Crippen LogP contribution in [0.1, 0.15) is 63.2 Å². The number of carbonyl (C=O) groups excluding carboxylic acids is 2. The molecule has 0 saturated heterocycles. The molecule has 0 aliphatic heterocycles. The number of aliphatic carboxylic acids is 1. The maximum Gasteiger partial charge on any atom is 0.331 e. The zero-order valence-corrected chi connectivity index (χ0v) is 17.2. The van der Waals surface area contributed by atoms with Gasteiger partial charge in [0.05, 0.1) is 0 Å². The molecule has 0 saturated carbocycles. The van der Waals surface area contributed by atoms with E-state index in [1.807, 2.05) is 0 Å². The van der Waals surface area contributed by atoms with Gasteiger partial charge >= 0.3 is 11.9 Å². The molecule has 0 spiro atoms. The van der Waals surface area contributed by atoms with Crippen LogP contribution in [0.25, 0.3) is 0 Å². The zero-order valence-electron chi connectivity index (χ0n) is 17.2. The molecule has 1 atom stereocenters. The first kappa shape index (κ1) is 24.4. The molecular formula is C22H30O7. The maximum atomic E-state index is 12.1. The van der Waals surface area contributed by atoms with Gasteiger partial charge in [-0.2, -0.15) is 0 Å². The van der Waals surface area contributed by atoms with Crippen molar-refractivity contribution in [3.05, 3.63) is 42.0 Å². The molecule has 160 valence electrons. The number of hydrogen-bond acceptors (Lipinski definition) is 6. The van der Waals surface area contributed by atoms with Crippen molar-refractivity contribution in [2.75, 3.05) is 6.61 Å². The fourth-order valence-electron chi connectivity index (χ4n) is 2.57. The average Bonchev–Trinajstić information content (AvgIpc) is 2.66. The van der Waals surface area contributed by atoms with E-state index in [-0.39, 0.29) is 12.4 Å². The molecule has 1 unspecified atom stereocenters. The molecular weight excluding hydrogens is 376 g/mol. The minimum absolute atomic E-state index is 0.0146. The average molecular weight is 406 g/mol. The minimum atomic E-state index is -1.46. The molecule has 0 bridgehead atoms. The third kappa shape index (κ3) is 9.89. The summed E-state index contributed by atoms with van der Waals surface area (Å²) in [4.78, 5) is 34.2.